The van der Waals surface area contributed by atoms with E-state index in [0.717, 1.165) is 10.7 Å². The highest BCUT2D eigenvalue weighted by Gasteiger charge is 2.23. The first-order chi connectivity index (χ1) is 9.93. The zero-order chi connectivity index (χ0) is 15.6. The van der Waals surface area contributed by atoms with Crippen LogP contribution in [0.4, 0.5) is 11.4 Å². The van der Waals surface area contributed by atoms with Crippen molar-refractivity contribution in [2.24, 2.45) is 0 Å². The second-order valence-electron chi connectivity index (χ2n) is 4.38. The van der Waals surface area contributed by atoms with Crippen LogP contribution < -0.4 is 5.32 Å². The second-order valence-corrected chi connectivity index (χ2v) is 5.30. The molecule has 0 aliphatic rings. The third-order valence-corrected chi connectivity index (χ3v) is 3.52. The summed E-state index contributed by atoms with van der Waals surface area (Å²) in [4.78, 5) is 25.8. The lowest BCUT2D eigenvalue weighted by atomic mass is 10.1. The van der Waals surface area contributed by atoms with Crippen molar-refractivity contribution in [2.75, 3.05) is 5.32 Å². The molecule has 2 aromatic rings. The largest absolute Gasteiger partial charge is 0.480 e. The van der Waals surface area contributed by atoms with Crippen molar-refractivity contribution in [1.29, 1.82) is 0 Å². The number of aromatic nitrogens is 1. The van der Waals surface area contributed by atoms with E-state index in [0.29, 0.717) is 17.3 Å². The van der Waals surface area contributed by atoms with Crippen LogP contribution in [0.15, 0.2) is 28.9 Å². The van der Waals surface area contributed by atoms with Crippen LogP contribution >= 0.6 is 15.9 Å². The van der Waals surface area contributed by atoms with Crippen molar-refractivity contribution in [3.63, 3.8) is 0 Å². The highest BCUT2D eigenvalue weighted by Crippen LogP contribution is 2.33. The molecule has 0 saturated carbocycles. The molecule has 1 unspecified atom stereocenters. The van der Waals surface area contributed by atoms with E-state index in [1.807, 2.05) is 0 Å². The van der Waals surface area contributed by atoms with Gasteiger partial charge in [-0.05, 0) is 24.6 Å². The number of carboxylic acids is 1. The molecular formula is C13H12BrN3O4. The summed E-state index contributed by atoms with van der Waals surface area (Å²) in [5.41, 5.74) is 0.465. The first-order valence-corrected chi connectivity index (χ1v) is 6.95. The van der Waals surface area contributed by atoms with E-state index in [1.165, 1.54) is 0 Å². The fourth-order valence-corrected chi connectivity index (χ4v) is 2.32. The van der Waals surface area contributed by atoms with Gasteiger partial charge in [0.2, 0.25) is 0 Å². The van der Waals surface area contributed by atoms with Gasteiger partial charge in [-0.25, -0.2) is 9.78 Å². The van der Waals surface area contributed by atoms with Gasteiger partial charge in [-0.3, -0.25) is 10.1 Å². The van der Waals surface area contributed by atoms with Crippen LogP contribution in [0, 0.1) is 10.1 Å². The number of nitro groups is 1. The van der Waals surface area contributed by atoms with Gasteiger partial charge in [-0.15, -0.1) is 0 Å². The van der Waals surface area contributed by atoms with Gasteiger partial charge >= 0.3 is 11.7 Å². The minimum Gasteiger partial charge on any atom is -0.480 e. The molecule has 2 N–H and O–H groups in total. The van der Waals surface area contributed by atoms with Crippen LogP contribution in [0.25, 0.3) is 10.9 Å². The Labute approximate surface area is 128 Å². The number of aliphatic carboxylic acids is 1. The Morgan fingerprint density at radius 2 is 2.29 bits per heavy atom. The topological polar surface area (TPSA) is 105 Å². The minimum absolute atomic E-state index is 0.167. The molecule has 1 aromatic heterocycles. The van der Waals surface area contributed by atoms with Crippen molar-refractivity contribution in [1.82, 2.24) is 4.98 Å². The summed E-state index contributed by atoms with van der Waals surface area (Å²) >= 11 is 3.30. The maximum atomic E-state index is 11.2. The number of hydrogen-bond acceptors (Lipinski definition) is 5. The van der Waals surface area contributed by atoms with Crippen molar-refractivity contribution in [3.05, 3.63) is 39.0 Å². The predicted octanol–water partition coefficient (Wildman–Crippen LogP) is 3.18. The molecular weight excluding hydrogens is 342 g/mol. The van der Waals surface area contributed by atoms with Gasteiger partial charge < -0.3 is 10.4 Å². The standard InChI is InChI=1S/C13H12BrN3O4/c1-2-9(13(18)19)16-12-8-5-7(14)3-4-10(8)15-6-11(12)17(20)21/h3-6,9H,2H2,1H3,(H,15,16)(H,18,19). The summed E-state index contributed by atoms with van der Waals surface area (Å²) in [6.07, 6.45) is 1.43. The summed E-state index contributed by atoms with van der Waals surface area (Å²) in [5.74, 6) is -1.06. The third-order valence-electron chi connectivity index (χ3n) is 3.03. The molecule has 8 heteroatoms. The van der Waals surface area contributed by atoms with Crippen LogP contribution in [-0.4, -0.2) is 27.0 Å². The summed E-state index contributed by atoms with van der Waals surface area (Å²) < 4.78 is 0.726. The summed E-state index contributed by atoms with van der Waals surface area (Å²) in [5, 5.41) is 23.5. The summed E-state index contributed by atoms with van der Waals surface area (Å²) in [6.45, 7) is 1.69. The molecule has 21 heavy (non-hydrogen) atoms. The molecule has 1 aromatic carbocycles. The fourth-order valence-electron chi connectivity index (χ4n) is 1.96. The molecule has 0 aliphatic carbocycles. The van der Waals surface area contributed by atoms with Gasteiger partial charge in [0.25, 0.3) is 0 Å². The van der Waals surface area contributed by atoms with Crippen molar-refractivity contribution in [3.8, 4) is 0 Å². The number of nitrogens with one attached hydrogen (secondary N) is 1. The highest BCUT2D eigenvalue weighted by molar-refractivity contribution is 9.10. The molecule has 1 heterocycles. The number of pyridine rings is 1. The molecule has 7 nitrogen and oxygen atoms in total. The predicted molar refractivity (Wildman–Crippen MR) is 81.4 cm³/mol. The van der Waals surface area contributed by atoms with E-state index in [-0.39, 0.29) is 11.4 Å². The molecule has 0 spiro atoms. The monoisotopic (exact) mass is 353 g/mol. The zero-order valence-corrected chi connectivity index (χ0v) is 12.6. The van der Waals surface area contributed by atoms with Gasteiger partial charge in [-0.2, -0.15) is 0 Å². The average Bonchev–Trinajstić information content (AvgIpc) is 2.43. The molecule has 0 aliphatic heterocycles. The van der Waals surface area contributed by atoms with Crippen LogP contribution in [0.1, 0.15) is 13.3 Å². The first-order valence-electron chi connectivity index (χ1n) is 6.16. The number of benzene rings is 1. The van der Waals surface area contributed by atoms with E-state index in [4.69, 9.17) is 5.11 Å². The number of anilines is 1. The van der Waals surface area contributed by atoms with Crippen LogP contribution in [0.3, 0.4) is 0 Å². The molecule has 0 saturated heterocycles. The Morgan fingerprint density at radius 1 is 1.57 bits per heavy atom. The van der Waals surface area contributed by atoms with Crippen molar-refractivity contribution >= 4 is 44.2 Å². The van der Waals surface area contributed by atoms with E-state index in [1.54, 1.807) is 25.1 Å². The Kier molecular flexibility index (Phi) is 4.37. The fraction of sp³-hybridized carbons (Fsp3) is 0.231. The van der Waals surface area contributed by atoms with Crippen molar-refractivity contribution in [2.45, 2.75) is 19.4 Å². The number of hydrogen-bond donors (Lipinski definition) is 2. The Bertz CT molecular complexity index is 720. The van der Waals surface area contributed by atoms with Gasteiger partial charge in [0.05, 0.1) is 10.4 Å². The number of carbonyl (C=O) groups is 1. The average molecular weight is 354 g/mol. The van der Waals surface area contributed by atoms with Gasteiger partial charge in [0, 0.05) is 9.86 Å². The Morgan fingerprint density at radius 3 is 2.86 bits per heavy atom. The molecule has 2 rings (SSSR count). The highest BCUT2D eigenvalue weighted by atomic mass is 79.9. The third kappa shape index (κ3) is 3.10. The second kappa shape index (κ2) is 6.04. The van der Waals surface area contributed by atoms with E-state index in [9.17, 15) is 14.9 Å². The number of halogens is 1. The number of carboxylic acid groups (broad SMARTS) is 1. The Hall–Kier alpha value is -2.22. The van der Waals surface area contributed by atoms with Crippen molar-refractivity contribution < 1.29 is 14.8 Å². The minimum atomic E-state index is -1.06. The molecule has 0 amide bonds. The number of nitrogens with zero attached hydrogens (tertiary/aromatic N) is 2. The smallest absolute Gasteiger partial charge is 0.326 e. The number of rotatable bonds is 5. The molecule has 110 valence electrons. The molecule has 1 atom stereocenters. The lowest BCUT2D eigenvalue weighted by Gasteiger charge is -2.15. The maximum absolute atomic E-state index is 11.2. The number of fused-ring (bicyclic) bond motifs is 1. The quantitative estimate of drug-likeness (QED) is 0.631. The lowest BCUT2D eigenvalue weighted by Crippen LogP contribution is -2.28. The van der Waals surface area contributed by atoms with Crippen LogP contribution in [0.2, 0.25) is 0 Å². The van der Waals surface area contributed by atoms with E-state index < -0.39 is 16.9 Å². The van der Waals surface area contributed by atoms with Gasteiger partial charge in [-0.1, -0.05) is 22.9 Å². The van der Waals surface area contributed by atoms with E-state index >= 15 is 0 Å². The molecule has 0 radical (unpaired) electrons. The van der Waals surface area contributed by atoms with Crippen LogP contribution in [-0.2, 0) is 4.79 Å². The Balaban J connectivity index is 2.66. The van der Waals surface area contributed by atoms with Gasteiger partial charge in [0.1, 0.15) is 17.9 Å². The zero-order valence-electron chi connectivity index (χ0n) is 11.0. The maximum Gasteiger partial charge on any atom is 0.326 e. The SMILES string of the molecule is CCC(Nc1c([N+](=O)[O-])cnc2ccc(Br)cc12)C(=O)O. The first kappa shape index (κ1) is 15.2. The van der Waals surface area contributed by atoms with Crippen LogP contribution in [0.5, 0.6) is 0 Å². The lowest BCUT2D eigenvalue weighted by molar-refractivity contribution is -0.384. The summed E-state index contributed by atoms with van der Waals surface area (Å²) in [7, 11) is 0. The summed E-state index contributed by atoms with van der Waals surface area (Å²) in [6, 6.07) is 4.23. The molecule has 0 fully saturated rings. The molecule has 0 bridgehead atoms. The normalized spacial score (nSPS) is 12.1. The van der Waals surface area contributed by atoms with Gasteiger partial charge in [0.15, 0.2) is 0 Å². The van der Waals surface area contributed by atoms with E-state index in [2.05, 4.69) is 26.2 Å².